The van der Waals surface area contributed by atoms with Crippen LogP contribution in [0.25, 0.3) is 0 Å². The number of amides is 1. The normalized spacial score (nSPS) is 23.8. The first-order valence-electron chi connectivity index (χ1n) is 6.04. The van der Waals surface area contributed by atoms with Crippen molar-refractivity contribution in [2.24, 2.45) is 5.92 Å². The fourth-order valence-electron chi connectivity index (χ4n) is 2.93. The Hall–Kier alpha value is -1.82. The molecule has 1 aromatic carbocycles. The van der Waals surface area contributed by atoms with Gasteiger partial charge in [0, 0.05) is 19.0 Å². The second-order valence-corrected chi connectivity index (χ2v) is 4.91. The van der Waals surface area contributed by atoms with Crippen molar-refractivity contribution in [3.63, 3.8) is 0 Å². The predicted molar refractivity (Wildman–Crippen MR) is 63.1 cm³/mol. The van der Waals surface area contributed by atoms with Gasteiger partial charge in [0.2, 0.25) is 5.91 Å². The highest BCUT2D eigenvalue weighted by molar-refractivity contribution is 5.79. The van der Waals surface area contributed by atoms with Gasteiger partial charge in [0.05, 0.1) is 12.0 Å². The molecule has 1 fully saturated rings. The van der Waals surface area contributed by atoms with Gasteiger partial charge in [-0.15, -0.1) is 0 Å². The molecule has 1 aromatic rings. The van der Waals surface area contributed by atoms with Crippen LogP contribution in [0.1, 0.15) is 17.5 Å². The molecule has 1 heterocycles. The average molecular weight is 226 g/mol. The van der Waals surface area contributed by atoms with E-state index in [1.54, 1.807) is 0 Å². The lowest BCUT2D eigenvalue weighted by Gasteiger charge is -2.23. The molecule has 0 radical (unpaired) electrons. The largest absolute Gasteiger partial charge is 0.338 e. The minimum Gasteiger partial charge on any atom is -0.338 e. The van der Waals surface area contributed by atoms with Crippen LogP contribution in [0, 0.1) is 17.2 Å². The van der Waals surface area contributed by atoms with E-state index in [9.17, 15) is 4.79 Å². The Balaban J connectivity index is 1.77. The lowest BCUT2D eigenvalue weighted by atomic mass is 10.1. The summed E-state index contributed by atoms with van der Waals surface area (Å²) in [6.45, 7) is 0.619. The Morgan fingerprint density at radius 2 is 1.82 bits per heavy atom. The summed E-state index contributed by atoms with van der Waals surface area (Å²) in [5.74, 6) is 0.0422. The number of nitrogens with zero attached hydrogens (tertiary/aromatic N) is 2. The first-order chi connectivity index (χ1) is 8.28. The zero-order chi connectivity index (χ0) is 11.8. The quantitative estimate of drug-likeness (QED) is 0.728. The number of carbonyl (C=O) groups is 1. The highest BCUT2D eigenvalue weighted by atomic mass is 16.2. The second-order valence-electron chi connectivity index (χ2n) is 4.91. The molecule has 3 rings (SSSR count). The van der Waals surface area contributed by atoms with Crippen LogP contribution in [0.4, 0.5) is 0 Å². The van der Waals surface area contributed by atoms with Crippen LogP contribution in [0.2, 0.25) is 0 Å². The highest BCUT2D eigenvalue weighted by Gasteiger charge is 2.36. The molecule has 1 aliphatic heterocycles. The number of hydrogen-bond donors (Lipinski definition) is 0. The summed E-state index contributed by atoms with van der Waals surface area (Å²) < 4.78 is 0. The topological polar surface area (TPSA) is 44.1 Å². The van der Waals surface area contributed by atoms with E-state index >= 15 is 0 Å². The molecule has 3 heteroatoms. The molecule has 0 bridgehead atoms. The molecule has 0 saturated carbocycles. The van der Waals surface area contributed by atoms with Gasteiger partial charge in [-0.1, -0.05) is 24.3 Å². The lowest BCUT2D eigenvalue weighted by molar-refractivity contribution is -0.129. The van der Waals surface area contributed by atoms with Gasteiger partial charge in [-0.25, -0.2) is 0 Å². The van der Waals surface area contributed by atoms with Gasteiger partial charge in [0.15, 0.2) is 0 Å². The van der Waals surface area contributed by atoms with Crippen molar-refractivity contribution in [2.45, 2.75) is 25.3 Å². The minimum atomic E-state index is -0.105. The highest BCUT2D eigenvalue weighted by Crippen LogP contribution is 2.29. The number of benzene rings is 1. The summed E-state index contributed by atoms with van der Waals surface area (Å²) in [6, 6.07) is 10.8. The zero-order valence-electron chi connectivity index (χ0n) is 9.60. The lowest BCUT2D eigenvalue weighted by Crippen LogP contribution is -2.37. The van der Waals surface area contributed by atoms with Crippen LogP contribution in [0.15, 0.2) is 24.3 Å². The van der Waals surface area contributed by atoms with Gasteiger partial charge in [0.1, 0.15) is 0 Å². The molecular formula is C14H14N2O. The summed E-state index contributed by atoms with van der Waals surface area (Å²) in [5, 5.41) is 8.89. The van der Waals surface area contributed by atoms with Gasteiger partial charge in [-0.2, -0.15) is 5.26 Å². The minimum absolute atomic E-state index is 0.105. The van der Waals surface area contributed by atoms with Crippen molar-refractivity contribution >= 4 is 5.91 Å². The first kappa shape index (κ1) is 10.3. The van der Waals surface area contributed by atoms with Crippen LogP contribution in [0.5, 0.6) is 0 Å². The molecule has 0 N–H and O–H groups in total. The van der Waals surface area contributed by atoms with Crippen molar-refractivity contribution in [3.8, 4) is 6.07 Å². The van der Waals surface area contributed by atoms with E-state index in [2.05, 4.69) is 18.2 Å². The molecule has 1 unspecified atom stereocenters. The van der Waals surface area contributed by atoms with Crippen LogP contribution < -0.4 is 0 Å². The SMILES string of the molecule is N#CC1CC(=O)N(C2Cc3ccccc3C2)C1. The van der Waals surface area contributed by atoms with E-state index in [-0.39, 0.29) is 17.9 Å². The van der Waals surface area contributed by atoms with Crippen LogP contribution in [-0.2, 0) is 17.6 Å². The molecule has 1 saturated heterocycles. The molecule has 1 aliphatic carbocycles. The third-order valence-corrected chi connectivity index (χ3v) is 3.81. The molecule has 86 valence electrons. The molecular weight excluding hydrogens is 212 g/mol. The van der Waals surface area contributed by atoms with Crippen LogP contribution in [0.3, 0.4) is 0 Å². The Kier molecular flexibility index (Phi) is 2.36. The van der Waals surface area contributed by atoms with Gasteiger partial charge in [-0.05, 0) is 24.0 Å². The smallest absolute Gasteiger partial charge is 0.224 e. The van der Waals surface area contributed by atoms with Crippen molar-refractivity contribution in [1.29, 1.82) is 5.26 Å². The second kappa shape index (κ2) is 3.89. The molecule has 0 spiro atoms. The predicted octanol–water partition coefficient (Wildman–Crippen LogP) is 1.53. The summed E-state index contributed by atoms with van der Waals surface area (Å²) in [5.41, 5.74) is 2.71. The molecule has 17 heavy (non-hydrogen) atoms. The van der Waals surface area contributed by atoms with E-state index in [1.807, 2.05) is 17.0 Å². The number of nitriles is 1. The maximum absolute atomic E-state index is 11.9. The van der Waals surface area contributed by atoms with E-state index in [1.165, 1.54) is 11.1 Å². The summed E-state index contributed by atoms with van der Waals surface area (Å²) in [6.07, 6.45) is 2.30. The molecule has 1 amide bonds. The third kappa shape index (κ3) is 1.70. The first-order valence-corrected chi connectivity index (χ1v) is 6.04. The van der Waals surface area contributed by atoms with Crippen LogP contribution >= 0.6 is 0 Å². The number of hydrogen-bond acceptors (Lipinski definition) is 2. The van der Waals surface area contributed by atoms with Gasteiger partial charge < -0.3 is 4.90 Å². The molecule has 1 atom stereocenters. The van der Waals surface area contributed by atoms with Crippen LogP contribution in [-0.4, -0.2) is 23.4 Å². The summed E-state index contributed by atoms with van der Waals surface area (Å²) >= 11 is 0. The van der Waals surface area contributed by atoms with Crippen molar-refractivity contribution in [2.75, 3.05) is 6.54 Å². The maximum Gasteiger partial charge on any atom is 0.224 e. The summed E-state index contributed by atoms with van der Waals surface area (Å²) in [4.78, 5) is 13.8. The standard InChI is InChI=1S/C14H14N2O/c15-8-10-5-14(17)16(9-10)13-6-11-3-1-2-4-12(11)7-13/h1-4,10,13H,5-7,9H2. The molecule has 2 aliphatic rings. The van der Waals surface area contributed by atoms with E-state index < -0.39 is 0 Å². The number of rotatable bonds is 1. The van der Waals surface area contributed by atoms with Gasteiger partial charge in [0.25, 0.3) is 0 Å². The van der Waals surface area contributed by atoms with E-state index in [0.717, 1.165) is 12.8 Å². The van der Waals surface area contributed by atoms with Gasteiger partial charge >= 0.3 is 0 Å². The molecule has 0 aromatic heterocycles. The van der Waals surface area contributed by atoms with Gasteiger partial charge in [-0.3, -0.25) is 4.79 Å². The Morgan fingerprint density at radius 1 is 1.18 bits per heavy atom. The fourth-order valence-corrected chi connectivity index (χ4v) is 2.93. The van der Waals surface area contributed by atoms with E-state index in [4.69, 9.17) is 5.26 Å². The van der Waals surface area contributed by atoms with Crippen molar-refractivity contribution in [1.82, 2.24) is 4.90 Å². The Morgan fingerprint density at radius 3 is 2.35 bits per heavy atom. The zero-order valence-corrected chi connectivity index (χ0v) is 9.60. The maximum atomic E-state index is 11.9. The Labute approximate surface area is 101 Å². The van der Waals surface area contributed by atoms with E-state index in [0.29, 0.717) is 13.0 Å². The fraction of sp³-hybridized carbons (Fsp3) is 0.429. The number of likely N-dealkylation sites (tertiary alicyclic amines) is 1. The average Bonchev–Trinajstić information content (AvgIpc) is 2.91. The molecule has 3 nitrogen and oxygen atoms in total. The monoisotopic (exact) mass is 226 g/mol. The number of fused-ring (bicyclic) bond motifs is 1. The summed E-state index contributed by atoms with van der Waals surface area (Å²) in [7, 11) is 0. The van der Waals surface area contributed by atoms with Crippen molar-refractivity contribution in [3.05, 3.63) is 35.4 Å². The Bertz CT molecular complexity index is 478. The van der Waals surface area contributed by atoms with Crippen molar-refractivity contribution < 1.29 is 4.79 Å². The third-order valence-electron chi connectivity index (χ3n) is 3.81. The number of carbonyl (C=O) groups excluding carboxylic acids is 1.